The second-order valence-corrected chi connectivity index (χ2v) is 8.63. The highest BCUT2D eigenvalue weighted by Gasteiger charge is 2.26. The third kappa shape index (κ3) is 5.53. The van der Waals surface area contributed by atoms with Gasteiger partial charge < -0.3 is 10.6 Å². The number of hydrogen-bond acceptors (Lipinski definition) is 4. The first kappa shape index (κ1) is 19.8. The molecule has 1 fully saturated rings. The first-order valence-electron chi connectivity index (χ1n) is 9.73. The first-order chi connectivity index (χ1) is 13.0. The maximum Gasteiger partial charge on any atom is 0.191 e. The van der Waals surface area contributed by atoms with Crippen molar-refractivity contribution in [3.8, 4) is 0 Å². The van der Waals surface area contributed by atoms with Crippen molar-refractivity contribution in [1.82, 2.24) is 20.5 Å². The Bertz CT molecular complexity index is 736. The number of aliphatic imine (C=N–C) groups is 1. The molecule has 2 atom stereocenters. The van der Waals surface area contributed by atoms with Crippen molar-refractivity contribution < 1.29 is 0 Å². The number of hydrogen-bond donors (Lipinski definition) is 2. The quantitative estimate of drug-likeness (QED) is 0.611. The molecule has 0 aliphatic carbocycles. The number of benzene rings is 1. The van der Waals surface area contributed by atoms with Crippen LogP contribution in [0.1, 0.15) is 40.9 Å². The lowest BCUT2D eigenvalue weighted by atomic mass is 9.97. The monoisotopic (exact) mass is 385 g/mol. The van der Waals surface area contributed by atoms with Crippen molar-refractivity contribution in [3.63, 3.8) is 0 Å². The molecular formula is C21H31N5S. The summed E-state index contributed by atoms with van der Waals surface area (Å²) in [5, 5.41) is 8.12. The maximum atomic E-state index is 4.59. The summed E-state index contributed by atoms with van der Waals surface area (Å²) < 4.78 is 0. The van der Waals surface area contributed by atoms with Gasteiger partial charge in [-0.3, -0.25) is 9.89 Å². The predicted molar refractivity (Wildman–Crippen MR) is 114 cm³/mol. The van der Waals surface area contributed by atoms with Crippen LogP contribution in [0.3, 0.4) is 0 Å². The van der Waals surface area contributed by atoms with Crippen LogP contribution in [0.15, 0.2) is 35.3 Å². The summed E-state index contributed by atoms with van der Waals surface area (Å²) in [5.41, 5.74) is 2.52. The Hall–Kier alpha value is -1.92. The van der Waals surface area contributed by atoms with E-state index >= 15 is 0 Å². The molecule has 146 valence electrons. The number of piperidine rings is 1. The van der Waals surface area contributed by atoms with Crippen LogP contribution in [-0.4, -0.2) is 41.5 Å². The molecule has 0 radical (unpaired) electrons. The molecule has 1 aliphatic heterocycles. The highest BCUT2D eigenvalue weighted by molar-refractivity contribution is 7.11. The molecule has 2 aromatic rings. The number of rotatable bonds is 5. The molecule has 0 saturated carbocycles. The largest absolute Gasteiger partial charge is 0.354 e. The van der Waals surface area contributed by atoms with Gasteiger partial charge >= 0.3 is 0 Å². The second kappa shape index (κ2) is 9.33. The number of aromatic nitrogens is 1. The number of nitrogens with zero attached hydrogens (tertiary/aromatic N) is 3. The van der Waals surface area contributed by atoms with Gasteiger partial charge in [0.2, 0.25) is 0 Å². The number of nitrogens with one attached hydrogen (secondary N) is 2. The Balaban J connectivity index is 1.47. The van der Waals surface area contributed by atoms with Gasteiger partial charge in [0.1, 0.15) is 5.01 Å². The van der Waals surface area contributed by atoms with Crippen LogP contribution in [0.25, 0.3) is 0 Å². The minimum atomic E-state index is 0.456. The molecule has 0 bridgehead atoms. The molecule has 2 unspecified atom stereocenters. The van der Waals surface area contributed by atoms with Crippen LogP contribution in [0, 0.1) is 13.8 Å². The van der Waals surface area contributed by atoms with Gasteiger partial charge in [0, 0.05) is 37.1 Å². The van der Waals surface area contributed by atoms with Gasteiger partial charge in [-0.1, -0.05) is 30.3 Å². The van der Waals surface area contributed by atoms with E-state index in [4.69, 9.17) is 0 Å². The van der Waals surface area contributed by atoms with Gasteiger partial charge in [-0.15, -0.1) is 11.3 Å². The Morgan fingerprint density at radius 2 is 2.07 bits per heavy atom. The number of guanidine groups is 1. The van der Waals surface area contributed by atoms with E-state index in [0.717, 1.165) is 49.1 Å². The van der Waals surface area contributed by atoms with E-state index in [0.29, 0.717) is 12.1 Å². The highest BCUT2D eigenvalue weighted by atomic mass is 32.1. The fraction of sp³-hybridized carbons (Fsp3) is 0.524. The summed E-state index contributed by atoms with van der Waals surface area (Å²) in [5.74, 6) is 0.870. The van der Waals surface area contributed by atoms with E-state index in [9.17, 15) is 0 Å². The first-order valence-corrected chi connectivity index (χ1v) is 10.5. The van der Waals surface area contributed by atoms with E-state index in [-0.39, 0.29) is 0 Å². The average molecular weight is 386 g/mol. The zero-order chi connectivity index (χ0) is 19.2. The zero-order valence-corrected chi connectivity index (χ0v) is 17.6. The van der Waals surface area contributed by atoms with Crippen LogP contribution in [-0.2, 0) is 13.1 Å². The van der Waals surface area contributed by atoms with Gasteiger partial charge in [-0.2, -0.15) is 0 Å². The molecule has 2 heterocycles. The van der Waals surface area contributed by atoms with Crippen molar-refractivity contribution in [2.45, 2.75) is 58.8 Å². The smallest absolute Gasteiger partial charge is 0.191 e. The summed E-state index contributed by atoms with van der Waals surface area (Å²) >= 11 is 1.75. The zero-order valence-electron chi connectivity index (χ0n) is 16.8. The molecule has 1 aromatic carbocycles. The molecule has 1 saturated heterocycles. The second-order valence-electron chi connectivity index (χ2n) is 7.35. The fourth-order valence-electron chi connectivity index (χ4n) is 3.57. The topological polar surface area (TPSA) is 52.6 Å². The van der Waals surface area contributed by atoms with Crippen LogP contribution >= 0.6 is 11.3 Å². The molecule has 1 aliphatic rings. The molecule has 6 heteroatoms. The minimum Gasteiger partial charge on any atom is -0.354 e. The molecule has 2 N–H and O–H groups in total. The van der Waals surface area contributed by atoms with Crippen LogP contribution in [0.4, 0.5) is 0 Å². The molecule has 0 amide bonds. The molecule has 3 rings (SSSR count). The van der Waals surface area contributed by atoms with E-state index in [1.54, 1.807) is 11.3 Å². The normalized spacial score (nSPS) is 21.3. The standard InChI is InChI=1S/C21H31N5S/c1-15-12-19(10-11-26(15)14-18-8-6-5-7-9-18)25-21(22-4)23-13-20-24-16(2)17(3)27-20/h5-9,15,19H,10-14H2,1-4H3,(H2,22,23,25). The van der Waals surface area contributed by atoms with Crippen LogP contribution in [0.5, 0.6) is 0 Å². The van der Waals surface area contributed by atoms with Crippen molar-refractivity contribution >= 4 is 17.3 Å². The van der Waals surface area contributed by atoms with Gasteiger partial charge in [0.25, 0.3) is 0 Å². The third-order valence-electron chi connectivity index (χ3n) is 5.29. The average Bonchev–Trinajstić information content (AvgIpc) is 2.99. The fourth-order valence-corrected chi connectivity index (χ4v) is 4.44. The highest BCUT2D eigenvalue weighted by Crippen LogP contribution is 2.20. The number of aryl methyl sites for hydroxylation is 2. The summed E-state index contributed by atoms with van der Waals surface area (Å²) in [6, 6.07) is 11.8. The molecule has 0 spiro atoms. The third-order valence-corrected chi connectivity index (χ3v) is 6.36. The summed E-state index contributed by atoms with van der Waals surface area (Å²) in [6.45, 7) is 9.37. The lowest BCUT2D eigenvalue weighted by Gasteiger charge is -2.38. The van der Waals surface area contributed by atoms with Crippen molar-refractivity contribution in [1.29, 1.82) is 0 Å². The van der Waals surface area contributed by atoms with Crippen molar-refractivity contribution in [2.75, 3.05) is 13.6 Å². The van der Waals surface area contributed by atoms with E-state index in [1.165, 1.54) is 10.4 Å². The van der Waals surface area contributed by atoms with Gasteiger partial charge in [0.15, 0.2) is 5.96 Å². The minimum absolute atomic E-state index is 0.456. The SMILES string of the molecule is CN=C(NCc1nc(C)c(C)s1)NC1CCN(Cc2ccccc2)C(C)C1. The Morgan fingerprint density at radius 1 is 1.30 bits per heavy atom. The van der Waals surface area contributed by atoms with Crippen LogP contribution in [0.2, 0.25) is 0 Å². The van der Waals surface area contributed by atoms with E-state index in [1.807, 2.05) is 7.05 Å². The van der Waals surface area contributed by atoms with Crippen LogP contribution < -0.4 is 10.6 Å². The maximum absolute atomic E-state index is 4.59. The Morgan fingerprint density at radius 3 is 2.70 bits per heavy atom. The Kier molecular flexibility index (Phi) is 6.85. The predicted octanol–water partition coefficient (Wildman–Crippen LogP) is 3.48. The van der Waals surface area contributed by atoms with Crippen molar-refractivity contribution in [3.05, 3.63) is 51.5 Å². The van der Waals surface area contributed by atoms with Gasteiger partial charge in [-0.25, -0.2) is 4.98 Å². The summed E-state index contributed by atoms with van der Waals surface area (Å²) in [4.78, 5) is 12.8. The Labute approximate surface area is 166 Å². The number of likely N-dealkylation sites (tertiary alicyclic amines) is 1. The van der Waals surface area contributed by atoms with Crippen molar-refractivity contribution in [2.24, 2.45) is 4.99 Å². The molecular weight excluding hydrogens is 354 g/mol. The summed E-state index contributed by atoms with van der Waals surface area (Å²) in [7, 11) is 1.83. The lowest BCUT2D eigenvalue weighted by molar-refractivity contribution is 0.134. The van der Waals surface area contributed by atoms with E-state index < -0.39 is 0 Å². The van der Waals surface area contributed by atoms with E-state index in [2.05, 4.69) is 76.6 Å². The van der Waals surface area contributed by atoms with Gasteiger partial charge in [0.05, 0.1) is 12.2 Å². The number of thiazole rings is 1. The lowest BCUT2D eigenvalue weighted by Crippen LogP contribution is -2.51. The summed E-state index contributed by atoms with van der Waals surface area (Å²) in [6.07, 6.45) is 2.26. The molecule has 5 nitrogen and oxygen atoms in total. The molecule has 27 heavy (non-hydrogen) atoms. The molecule has 1 aromatic heterocycles. The van der Waals surface area contributed by atoms with Gasteiger partial charge in [-0.05, 0) is 39.2 Å².